The van der Waals surface area contributed by atoms with Crippen LogP contribution in [0.25, 0.3) is 0 Å². The molecule has 1 heterocycles. The quantitative estimate of drug-likeness (QED) is 0.637. The second-order valence-corrected chi connectivity index (χ2v) is 6.96. The Balaban J connectivity index is 2.91. The Morgan fingerprint density at radius 1 is 1.13 bits per heavy atom. The molecule has 0 aliphatic carbocycles. The topological polar surface area (TPSA) is 88.4 Å². The van der Waals surface area contributed by atoms with E-state index >= 15 is 0 Å². The summed E-state index contributed by atoms with van der Waals surface area (Å²) in [6, 6.07) is -0.350. The summed E-state index contributed by atoms with van der Waals surface area (Å²) >= 11 is 0. The number of hydrogen-bond acceptors (Lipinski definition) is 5. The summed E-state index contributed by atoms with van der Waals surface area (Å²) in [6.45, 7) is 9.31. The number of carbonyl (C=O) groups excluding carboxylic acids is 1. The predicted octanol–water partition coefficient (Wildman–Crippen LogP) is 1.79. The van der Waals surface area contributed by atoms with Crippen LogP contribution in [-0.2, 0) is 10.0 Å². The minimum atomic E-state index is -3.75. The molecule has 0 aliphatic rings. The van der Waals surface area contributed by atoms with Gasteiger partial charge in [-0.3, -0.25) is 0 Å². The third-order valence-electron chi connectivity index (χ3n) is 3.63. The van der Waals surface area contributed by atoms with E-state index in [1.54, 1.807) is 18.7 Å². The van der Waals surface area contributed by atoms with E-state index in [1.807, 2.05) is 6.92 Å². The fraction of sp³-hybridized carbons (Fsp3) is 0.786. The van der Waals surface area contributed by atoms with Gasteiger partial charge in [0.05, 0.1) is 0 Å². The maximum atomic E-state index is 12.4. The lowest BCUT2D eigenvalue weighted by atomic mass is 10.2. The van der Waals surface area contributed by atoms with Crippen molar-refractivity contribution in [3.05, 3.63) is 6.33 Å². The maximum Gasteiger partial charge on any atom is 0.346 e. The van der Waals surface area contributed by atoms with Gasteiger partial charge in [-0.05, 0) is 13.3 Å². The van der Waals surface area contributed by atoms with Gasteiger partial charge in [-0.25, -0.2) is 18.2 Å². The van der Waals surface area contributed by atoms with Gasteiger partial charge in [-0.2, -0.15) is 8.99 Å². The van der Waals surface area contributed by atoms with Gasteiger partial charge in [0.25, 0.3) is 15.2 Å². The number of rotatable bonds is 9. The number of carbonyl (C=O) groups is 1. The highest BCUT2D eigenvalue weighted by Crippen LogP contribution is 2.10. The molecule has 1 aromatic rings. The second kappa shape index (κ2) is 8.97. The van der Waals surface area contributed by atoms with Crippen molar-refractivity contribution in [1.29, 1.82) is 0 Å². The summed E-state index contributed by atoms with van der Waals surface area (Å²) in [5.74, 6) is 0. The molecule has 8 nitrogen and oxygen atoms in total. The Hall–Kier alpha value is -1.48. The van der Waals surface area contributed by atoms with Crippen molar-refractivity contribution in [3.8, 4) is 0 Å². The minimum Gasteiger partial charge on any atom is -0.323 e. The average molecular weight is 345 g/mol. The van der Waals surface area contributed by atoms with Gasteiger partial charge in [0.15, 0.2) is 0 Å². The van der Waals surface area contributed by atoms with Crippen molar-refractivity contribution < 1.29 is 13.2 Å². The van der Waals surface area contributed by atoms with E-state index in [-0.39, 0.29) is 11.2 Å². The number of hydrogen-bond donors (Lipinski definition) is 0. The molecule has 0 fully saturated rings. The highest BCUT2D eigenvalue weighted by molar-refractivity contribution is 7.88. The van der Waals surface area contributed by atoms with E-state index in [4.69, 9.17) is 0 Å². The Morgan fingerprint density at radius 3 is 2.30 bits per heavy atom. The van der Waals surface area contributed by atoms with Crippen LogP contribution < -0.4 is 0 Å². The zero-order chi connectivity index (χ0) is 17.5. The molecule has 0 saturated heterocycles. The molecular formula is C14H27N5O3S. The van der Waals surface area contributed by atoms with E-state index < -0.39 is 10.0 Å². The van der Waals surface area contributed by atoms with E-state index in [0.717, 1.165) is 23.9 Å². The third kappa shape index (κ3) is 4.74. The summed E-state index contributed by atoms with van der Waals surface area (Å²) in [5.41, 5.74) is 0. The molecule has 0 saturated carbocycles. The molecule has 0 spiro atoms. The Kier molecular flexibility index (Phi) is 7.63. The fourth-order valence-corrected chi connectivity index (χ4v) is 3.51. The van der Waals surface area contributed by atoms with Gasteiger partial charge in [0, 0.05) is 26.2 Å². The van der Waals surface area contributed by atoms with E-state index in [1.165, 1.54) is 10.6 Å². The number of amides is 1. The number of unbranched alkanes of at least 4 members (excludes halogenated alkanes) is 2. The molecule has 1 rings (SSSR count). The van der Waals surface area contributed by atoms with Gasteiger partial charge >= 0.3 is 6.03 Å². The summed E-state index contributed by atoms with van der Waals surface area (Å²) in [6.07, 6.45) is 4.20. The van der Waals surface area contributed by atoms with Crippen molar-refractivity contribution in [2.45, 2.75) is 52.1 Å². The second-order valence-electron chi connectivity index (χ2n) is 5.13. The normalized spacial score (nSPS) is 11.9. The summed E-state index contributed by atoms with van der Waals surface area (Å²) in [4.78, 5) is 17.8. The van der Waals surface area contributed by atoms with E-state index in [2.05, 4.69) is 17.0 Å². The molecule has 0 aliphatic heterocycles. The molecule has 0 radical (unpaired) electrons. The van der Waals surface area contributed by atoms with Gasteiger partial charge in [-0.15, -0.1) is 5.10 Å². The SMILES string of the molecule is CCCCCN(CC)C(=O)n1cnc(S(=O)(=O)N(CC)CC)n1. The van der Waals surface area contributed by atoms with Crippen LogP contribution >= 0.6 is 0 Å². The molecule has 0 unspecified atom stereocenters. The lowest BCUT2D eigenvalue weighted by Gasteiger charge is -2.19. The van der Waals surface area contributed by atoms with Gasteiger partial charge in [0.2, 0.25) is 0 Å². The smallest absolute Gasteiger partial charge is 0.323 e. The number of sulfonamides is 1. The number of aromatic nitrogens is 3. The molecular weight excluding hydrogens is 318 g/mol. The van der Waals surface area contributed by atoms with Crippen LogP contribution in [0.15, 0.2) is 11.5 Å². The van der Waals surface area contributed by atoms with Crippen LogP contribution in [0.5, 0.6) is 0 Å². The lowest BCUT2D eigenvalue weighted by Crippen LogP contribution is -2.36. The Labute approximate surface area is 138 Å². The number of nitrogens with zero attached hydrogens (tertiary/aromatic N) is 5. The van der Waals surface area contributed by atoms with Gasteiger partial charge in [0.1, 0.15) is 6.33 Å². The molecule has 0 aromatic carbocycles. The van der Waals surface area contributed by atoms with Crippen molar-refractivity contribution >= 4 is 16.1 Å². The first-order chi connectivity index (χ1) is 10.9. The molecule has 23 heavy (non-hydrogen) atoms. The van der Waals surface area contributed by atoms with Crippen LogP contribution in [0.3, 0.4) is 0 Å². The van der Waals surface area contributed by atoms with Gasteiger partial charge < -0.3 is 4.90 Å². The van der Waals surface area contributed by atoms with Crippen LogP contribution in [0, 0.1) is 0 Å². The van der Waals surface area contributed by atoms with Gasteiger partial charge in [-0.1, -0.05) is 33.6 Å². The molecule has 1 amide bonds. The Morgan fingerprint density at radius 2 is 1.78 bits per heavy atom. The Bertz CT molecular complexity index is 595. The molecule has 0 N–H and O–H groups in total. The average Bonchev–Trinajstić information content (AvgIpc) is 3.03. The fourth-order valence-electron chi connectivity index (χ4n) is 2.22. The summed E-state index contributed by atoms with van der Waals surface area (Å²) < 4.78 is 27.0. The predicted molar refractivity (Wildman–Crippen MR) is 87.7 cm³/mol. The van der Waals surface area contributed by atoms with Crippen LogP contribution in [0.4, 0.5) is 4.79 Å². The molecule has 0 bridgehead atoms. The van der Waals surface area contributed by atoms with Crippen LogP contribution in [-0.4, -0.2) is 64.6 Å². The first-order valence-corrected chi connectivity index (χ1v) is 9.57. The van der Waals surface area contributed by atoms with Crippen molar-refractivity contribution in [1.82, 2.24) is 24.0 Å². The minimum absolute atomic E-state index is 0.333. The van der Waals surface area contributed by atoms with Crippen molar-refractivity contribution in [2.75, 3.05) is 26.2 Å². The summed E-state index contributed by atoms with van der Waals surface area (Å²) in [7, 11) is -3.75. The lowest BCUT2D eigenvalue weighted by molar-refractivity contribution is 0.197. The van der Waals surface area contributed by atoms with Crippen LogP contribution in [0.1, 0.15) is 47.0 Å². The molecule has 9 heteroatoms. The molecule has 132 valence electrons. The zero-order valence-corrected chi connectivity index (χ0v) is 15.2. The van der Waals surface area contributed by atoms with E-state index in [9.17, 15) is 13.2 Å². The largest absolute Gasteiger partial charge is 0.346 e. The maximum absolute atomic E-state index is 12.4. The highest BCUT2D eigenvalue weighted by Gasteiger charge is 2.27. The third-order valence-corrected chi connectivity index (χ3v) is 5.47. The van der Waals surface area contributed by atoms with Crippen LogP contribution in [0.2, 0.25) is 0 Å². The zero-order valence-electron chi connectivity index (χ0n) is 14.4. The van der Waals surface area contributed by atoms with Crippen molar-refractivity contribution in [3.63, 3.8) is 0 Å². The first kappa shape index (κ1) is 19.6. The highest BCUT2D eigenvalue weighted by atomic mass is 32.2. The summed E-state index contributed by atoms with van der Waals surface area (Å²) in [5, 5.41) is 3.55. The monoisotopic (exact) mass is 345 g/mol. The molecule has 1 aromatic heterocycles. The standard InChI is InChI=1S/C14H27N5O3S/c1-5-9-10-11-17(6-2)14(20)19-12-15-13(16-19)23(21,22)18(7-3)8-4/h12H,5-11H2,1-4H3. The van der Waals surface area contributed by atoms with Crippen molar-refractivity contribution in [2.24, 2.45) is 0 Å². The van der Waals surface area contributed by atoms with E-state index in [0.29, 0.717) is 26.2 Å². The first-order valence-electron chi connectivity index (χ1n) is 8.13. The molecule has 0 atom stereocenters.